The Balaban J connectivity index is 1.64. The van der Waals surface area contributed by atoms with E-state index >= 15 is 0 Å². The number of amides is 2. The third kappa shape index (κ3) is 4.57. The zero-order valence-electron chi connectivity index (χ0n) is 16.4. The molecule has 1 fully saturated rings. The molecule has 0 aliphatic carbocycles. The number of hydrogen-bond acceptors (Lipinski definition) is 2. The van der Waals surface area contributed by atoms with Crippen molar-refractivity contribution in [3.8, 4) is 0 Å². The summed E-state index contributed by atoms with van der Waals surface area (Å²) in [6.07, 6.45) is 3.66. The van der Waals surface area contributed by atoms with Crippen molar-refractivity contribution in [2.45, 2.75) is 46.5 Å². The third-order valence-corrected chi connectivity index (χ3v) is 5.34. The molecule has 1 aliphatic heterocycles. The topological polar surface area (TPSA) is 49.4 Å². The molecule has 1 atom stereocenters. The van der Waals surface area contributed by atoms with Gasteiger partial charge in [0.05, 0.1) is 5.92 Å². The van der Waals surface area contributed by atoms with Gasteiger partial charge in [0.15, 0.2) is 0 Å². The predicted molar refractivity (Wildman–Crippen MR) is 110 cm³/mol. The van der Waals surface area contributed by atoms with E-state index in [1.807, 2.05) is 44.2 Å². The molecule has 1 N–H and O–H groups in total. The molecule has 0 bridgehead atoms. The van der Waals surface area contributed by atoms with E-state index < -0.39 is 0 Å². The molecular formula is C23H28N2O2. The number of nitrogens with zero attached hydrogens (tertiary/aromatic N) is 1. The van der Waals surface area contributed by atoms with E-state index in [9.17, 15) is 9.59 Å². The molecule has 1 aliphatic rings. The largest absolute Gasteiger partial charge is 0.326 e. The molecule has 0 saturated carbocycles. The number of hydrogen-bond donors (Lipinski definition) is 1. The second kappa shape index (κ2) is 8.38. The van der Waals surface area contributed by atoms with Gasteiger partial charge in [-0.05, 0) is 67.6 Å². The first kappa shape index (κ1) is 19.2. The number of aryl methyl sites for hydroxylation is 3. The Morgan fingerprint density at radius 1 is 1.11 bits per heavy atom. The van der Waals surface area contributed by atoms with Crippen molar-refractivity contribution in [3.05, 3.63) is 59.2 Å². The van der Waals surface area contributed by atoms with Crippen LogP contribution in [-0.4, -0.2) is 18.4 Å². The molecule has 1 heterocycles. The first-order valence-corrected chi connectivity index (χ1v) is 9.75. The average Bonchev–Trinajstić information content (AvgIpc) is 3.05. The second-order valence-electron chi connectivity index (χ2n) is 7.46. The van der Waals surface area contributed by atoms with Crippen molar-refractivity contribution < 1.29 is 9.59 Å². The van der Waals surface area contributed by atoms with Crippen molar-refractivity contribution in [2.75, 3.05) is 16.8 Å². The minimum Gasteiger partial charge on any atom is -0.326 e. The lowest BCUT2D eigenvalue weighted by Gasteiger charge is -2.17. The normalized spacial score (nSPS) is 16.6. The predicted octanol–water partition coefficient (Wildman–Crippen LogP) is 4.64. The van der Waals surface area contributed by atoms with E-state index in [1.165, 1.54) is 24.0 Å². The number of nitrogens with one attached hydrogen (secondary N) is 1. The van der Waals surface area contributed by atoms with E-state index in [0.717, 1.165) is 23.4 Å². The second-order valence-corrected chi connectivity index (χ2v) is 7.46. The number of carbonyl (C=O) groups excluding carboxylic acids is 2. The van der Waals surface area contributed by atoms with Gasteiger partial charge < -0.3 is 10.2 Å². The minimum absolute atomic E-state index is 0.0107. The van der Waals surface area contributed by atoms with Gasteiger partial charge in [-0.1, -0.05) is 31.5 Å². The van der Waals surface area contributed by atoms with Crippen LogP contribution in [0.5, 0.6) is 0 Å². The van der Waals surface area contributed by atoms with Gasteiger partial charge in [-0.2, -0.15) is 0 Å². The van der Waals surface area contributed by atoms with Gasteiger partial charge in [0.2, 0.25) is 11.8 Å². The lowest BCUT2D eigenvalue weighted by atomic mass is 10.1. The standard InChI is InChI=1S/C23H28N2O2/c1-4-5-6-18-8-11-21(12-9-18)25-15-19(14-22(25)26)23(27)24-20-10-7-16(2)17(3)13-20/h7-13,19H,4-6,14-15H2,1-3H3,(H,24,27)/t19-/m0/s1. The van der Waals surface area contributed by atoms with E-state index in [-0.39, 0.29) is 24.2 Å². The molecule has 0 unspecified atom stereocenters. The molecule has 2 aromatic carbocycles. The van der Waals surface area contributed by atoms with Gasteiger partial charge in [0.25, 0.3) is 0 Å². The Hall–Kier alpha value is -2.62. The summed E-state index contributed by atoms with van der Waals surface area (Å²) < 4.78 is 0. The van der Waals surface area contributed by atoms with E-state index in [1.54, 1.807) is 4.90 Å². The summed E-state index contributed by atoms with van der Waals surface area (Å²) in [4.78, 5) is 26.8. The van der Waals surface area contributed by atoms with Crippen LogP contribution < -0.4 is 10.2 Å². The van der Waals surface area contributed by atoms with Gasteiger partial charge in [-0.25, -0.2) is 0 Å². The van der Waals surface area contributed by atoms with Crippen molar-refractivity contribution >= 4 is 23.2 Å². The Morgan fingerprint density at radius 3 is 2.52 bits per heavy atom. The number of anilines is 2. The Bertz CT molecular complexity index is 827. The molecule has 0 radical (unpaired) electrons. The van der Waals surface area contributed by atoms with Crippen LogP contribution >= 0.6 is 0 Å². The number of unbranched alkanes of at least 4 members (excludes halogenated alkanes) is 1. The van der Waals surface area contributed by atoms with Gasteiger partial charge in [-0.3, -0.25) is 9.59 Å². The maximum absolute atomic E-state index is 12.6. The fourth-order valence-electron chi connectivity index (χ4n) is 3.42. The molecular weight excluding hydrogens is 336 g/mol. The summed E-state index contributed by atoms with van der Waals surface area (Å²) in [5, 5.41) is 2.96. The third-order valence-electron chi connectivity index (χ3n) is 5.34. The van der Waals surface area contributed by atoms with Crippen LogP contribution in [0.1, 0.15) is 42.9 Å². The summed E-state index contributed by atoms with van der Waals surface area (Å²) in [5.41, 5.74) is 5.28. The van der Waals surface area contributed by atoms with Crippen LogP contribution in [0.4, 0.5) is 11.4 Å². The van der Waals surface area contributed by atoms with Gasteiger partial charge >= 0.3 is 0 Å². The molecule has 4 heteroatoms. The van der Waals surface area contributed by atoms with Crippen molar-refractivity contribution in [3.63, 3.8) is 0 Å². The number of benzene rings is 2. The minimum atomic E-state index is -0.320. The van der Waals surface area contributed by atoms with Gasteiger partial charge in [-0.15, -0.1) is 0 Å². The van der Waals surface area contributed by atoms with Crippen LogP contribution in [0.2, 0.25) is 0 Å². The van der Waals surface area contributed by atoms with Crippen molar-refractivity contribution in [2.24, 2.45) is 5.92 Å². The Labute approximate surface area is 161 Å². The van der Waals surface area contributed by atoms with E-state index in [4.69, 9.17) is 0 Å². The molecule has 1 saturated heterocycles. The highest BCUT2D eigenvalue weighted by molar-refractivity contribution is 6.03. The van der Waals surface area contributed by atoms with Gasteiger partial charge in [0, 0.05) is 24.3 Å². The smallest absolute Gasteiger partial charge is 0.229 e. The molecule has 27 heavy (non-hydrogen) atoms. The lowest BCUT2D eigenvalue weighted by molar-refractivity contribution is -0.122. The highest BCUT2D eigenvalue weighted by atomic mass is 16.2. The molecule has 142 valence electrons. The van der Waals surface area contributed by atoms with Crippen LogP contribution in [0.3, 0.4) is 0 Å². The SMILES string of the molecule is CCCCc1ccc(N2C[C@@H](C(=O)Nc3ccc(C)c(C)c3)CC2=O)cc1. The van der Waals surface area contributed by atoms with Gasteiger partial charge in [0.1, 0.15) is 0 Å². The highest BCUT2D eigenvalue weighted by Crippen LogP contribution is 2.27. The van der Waals surface area contributed by atoms with Crippen LogP contribution in [0.15, 0.2) is 42.5 Å². The quantitative estimate of drug-likeness (QED) is 0.812. The highest BCUT2D eigenvalue weighted by Gasteiger charge is 2.35. The Morgan fingerprint density at radius 2 is 1.85 bits per heavy atom. The van der Waals surface area contributed by atoms with Crippen LogP contribution in [0.25, 0.3) is 0 Å². The first-order valence-electron chi connectivity index (χ1n) is 9.75. The zero-order chi connectivity index (χ0) is 19.4. The molecule has 2 amide bonds. The van der Waals surface area contributed by atoms with E-state index in [2.05, 4.69) is 24.4 Å². The summed E-state index contributed by atoms with van der Waals surface area (Å²) in [6, 6.07) is 14.0. The number of rotatable bonds is 6. The monoisotopic (exact) mass is 364 g/mol. The molecule has 0 aromatic heterocycles. The molecule has 2 aromatic rings. The summed E-state index contributed by atoms with van der Waals surface area (Å²) in [6.45, 7) is 6.68. The molecule has 4 nitrogen and oxygen atoms in total. The first-order chi connectivity index (χ1) is 13.0. The summed E-state index contributed by atoms with van der Waals surface area (Å²) >= 11 is 0. The fraction of sp³-hybridized carbons (Fsp3) is 0.391. The van der Waals surface area contributed by atoms with Crippen molar-refractivity contribution in [1.29, 1.82) is 0 Å². The average molecular weight is 364 g/mol. The maximum atomic E-state index is 12.6. The fourth-order valence-corrected chi connectivity index (χ4v) is 3.42. The number of carbonyl (C=O) groups is 2. The summed E-state index contributed by atoms with van der Waals surface area (Å²) in [5.74, 6) is -0.399. The lowest BCUT2D eigenvalue weighted by Crippen LogP contribution is -2.28. The van der Waals surface area contributed by atoms with Crippen LogP contribution in [0, 0.1) is 19.8 Å². The zero-order valence-corrected chi connectivity index (χ0v) is 16.4. The summed E-state index contributed by atoms with van der Waals surface area (Å²) in [7, 11) is 0. The van der Waals surface area contributed by atoms with Crippen molar-refractivity contribution in [1.82, 2.24) is 0 Å². The Kier molecular flexibility index (Phi) is 5.94. The van der Waals surface area contributed by atoms with Crippen LogP contribution in [-0.2, 0) is 16.0 Å². The van der Waals surface area contributed by atoms with E-state index in [0.29, 0.717) is 6.54 Å². The molecule has 3 rings (SSSR count). The molecule has 0 spiro atoms. The maximum Gasteiger partial charge on any atom is 0.229 e.